The molecule has 0 fully saturated rings. The molecule has 3 heterocycles. The van der Waals surface area contributed by atoms with E-state index in [0.29, 0.717) is 10.9 Å². The molecule has 0 aliphatic carbocycles. The average molecular weight is 371 g/mol. The Bertz CT molecular complexity index is 979. The summed E-state index contributed by atoms with van der Waals surface area (Å²) in [6.45, 7) is 4.18. The Labute approximate surface area is 154 Å². The minimum Gasteiger partial charge on any atom is -0.298 e. The number of nitrogens with one attached hydrogen (secondary N) is 1. The van der Waals surface area contributed by atoms with E-state index in [1.54, 1.807) is 28.1 Å². The second kappa shape index (κ2) is 6.65. The van der Waals surface area contributed by atoms with Crippen molar-refractivity contribution in [1.29, 1.82) is 0 Å². The average Bonchev–Trinajstić information content (AvgIpc) is 3.05. The molecular weight excluding hydrogens is 352 g/mol. The number of nitrogens with zero attached hydrogens (tertiary/aromatic N) is 3. The third-order valence-electron chi connectivity index (χ3n) is 3.97. The number of hydrogen-bond acceptors (Lipinski definition) is 6. The highest BCUT2D eigenvalue weighted by molar-refractivity contribution is 8.13. The molecule has 1 N–H and O–H groups in total. The summed E-state index contributed by atoms with van der Waals surface area (Å²) < 4.78 is 0. The van der Waals surface area contributed by atoms with Gasteiger partial charge in [-0.2, -0.15) is 0 Å². The molecule has 25 heavy (non-hydrogen) atoms. The van der Waals surface area contributed by atoms with Gasteiger partial charge in [-0.1, -0.05) is 36.9 Å². The number of rotatable bonds is 3. The normalized spacial score (nSPS) is 18.9. The summed E-state index contributed by atoms with van der Waals surface area (Å²) in [4.78, 5) is 20.0. The lowest BCUT2D eigenvalue weighted by Crippen LogP contribution is -2.50. The summed E-state index contributed by atoms with van der Waals surface area (Å²) in [5, 5.41) is 11.7. The fourth-order valence-corrected chi connectivity index (χ4v) is 4.48. The van der Waals surface area contributed by atoms with Crippen LogP contribution < -0.4 is 15.9 Å². The first-order valence-electron chi connectivity index (χ1n) is 8.23. The summed E-state index contributed by atoms with van der Waals surface area (Å²) in [7, 11) is 0. The van der Waals surface area contributed by atoms with Crippen molar-refractivity contribution in [1.82, 2.24) is 10.3 Å². The van der Waals surface area contributed by atoms with Crippen molar-refractivity contribution in [3.8, 4) is 0 Å². The van der Waals surface area contributed by atoms with E-state index >= 15 is 0 Å². The molecule has 5 nitrogen and oxygen atoms in total. The summed E-state index contributed by atoms with van der Waals surface area (Å²) in [6.07, 6.45) is 0.725. The van der Waals surface area contributed by atoms with Crippen LogP contribution >= 0.6 is 23.1 Å². The van der Waals surface area contributed by atoms with E-state index < -0.39 is 0 Å². The molecule has 0 unspecified atom stereocenters. The van der Waals surface area contributed by atoms with Crippen molar-refractivity contribution in [2.24, 2.45) is 10.1 Å². The number of para-hydroxylation sites is 1. The van der Waals surface area contributed by atoms with Gasteiger partial charge < -0.3 is 0 Å². The number of thioether (sulfide) groups is 1. The zero-order valence-corrected chi connectivity index (χ0v) is 15.7. The Balaban J connectivity index is 1.89. The van der Waals surface area contributed by atoms with Crippen molar-refractivity contribution in [3.05, 3.63) is 56.7 Å². The van der Waals surface area contributed by atoms with Crippen molar-refractivity contribution in [2.75, 3.05) is 5.75 Å². The van der Waals surface area contributed by atoms with Crippen molar-refractivity contribution < 1.29 is 4.79 Å². The molecular formula is C18H18N4OS2. The van der Waals surface area contributed by atoms with Crippen LogP contribution in [0.1, 0.15) is 29.3 Å². The maximum atomic E-state index is 12.8. The molecule has 2 aliphatic heterocycles. The summed E-state index contributed by atoms with van der Waals surface area (Å²) in [6, 6.07) is 11.9. The van der Waals surface area contributed by atoms with Crippen LogP contribution in [0.3, 0.4) is 0 Å². The molecule has 0 saturated heterocycles. The number of hydrazone groups is 1. The topological polar surface area (TPSA) is 57.1 Å². The van der Waals surface area contributed by atoms with Crippen LogP contribution in [0.5, 0.6) is 0 Å². The second-order valence-corrected chi connectivity index (χ2v) is 8.27. The summed E-state index contributed by atoms with van der Waals surface area (Å²) >= 11 is 3.25. The molecule has 7 heteroatoms. The molecule has 1 amide bonds. The summed E-state index contributed by atoms with van der Waals surface area (Å²) in [5.74, 6) is 0.799. The number of carbonyl (C=O) groups excluding carboxylic acids is 1. The number of benzene rings is 1. The van der Waals surface area contributed by atoms with Gasteiger partial charge in [-0.05, 0) is 31.5 Å². The zero-order chi connectivity index (χ0) is 17.4. The van der Waals surface area contributed by atoms with Gasteiger partial charge in [0, 0.05) is 15.8 Å². The Morgan fingerprint density at radius 2 is 2.12 bits per heavy atom. The number of carbonyl (C=O) groups is 1. The largest absolute Gasteiger partial charge is 0.298 e. The van der Waals surface area contributed by atoms with Crippen LogP contribution in [-0.4, -0.2) is 21.8 Å². The maximum Gasteiger partial charge on any atom is 0.276 e. The number of hydrogen-bond donors (Lipinski definition) is 1. The predicted octanol–water partition coefficient (Wildman–Crippen LogP) is 2.34. The molecule has 2 aromatic rings. The van der Waals surface area contributed by atoms with Gasteiger partial charge in [-0.15, -0.1) is 16.4 Å². The number of thiophene rings is 1. The first-order valence-corrected chi connectivity index (χ1v) is 10.0. The van der Waals surface area contributed by atoms with E-state index in [2.05, 4.69) is 31.3 Å². The minimum atomic E-state index is -0.299. The highest BCUT2D eigenvalue weighted by atomic mass is 32.2. The van der Waals surface area contributed by atoms with Gasteiger partial charge in [0.15, 0.2) is 11.3 Å². The number of fused-ring (bicyclic) bond motifs is 2. The van der Waals surface area contributed by atoms with E-state index in [0.717, 1.165) is 27.6 Å². The van der Waals surface area contributed by atoms with Gasteiger partial charge in [0.1, 0.15) is 5.70 Å². The highest BCUT2D eigenvalue weighted by Crippen LogP contribution is 2.34. The van der Waals surface area contributed by atoms with Gasteiger partial charge in [0.2, 0.25) is 0 Å². The van der Waals surface area contributed by atoms with E-state index in [9.17, 15) is 4.79 Å². The van der Waals surface area contributed by atoms with E-state index in [4.69, 9.17) is 10.1 Å². The molecule has 128 valence electrons. The van der Waals surface area contributed by atoms with E-state index in [1.165, 1.54) is 4.88 Å². The van der Waals surface area contributed by atoms with E-state index in [-0.39, 0.29) is 12.1 Å². The van der Waals surface area contributed by atoms with Crippen LogP contribution in [-0.2, 0) is 4.79 Å². The highest BCUT2D eigenvalue weighted by Gasteiger charge is 2.34. The Kier molecular flexibility index (Phi) is 4.35. The van der Waals surface area contributed by atoms with Crippen LogP contribution in [0.2, 0.25) is 0 Å². The second-order valence-electron chi connectivity index (χ2n) is 5.87. The van der Waals surface area contributed by atoms with Crippen LogP contribution in [0.25, 0.3) is 5.70 Å². The first kappa shape index (κ1) is 16.4. The number of amidine groups is 1. The third kappa shape index (κ3) is 2.98. The molecule has 1 atom stereocenters. The fourth-order valence-electron chi connectivity index (χ4n) is 2.87. The zero-order valence-electron chi connectivity index (χ0n) is 14.0. The smallest absolute Gasteiger partial charge is 0.276 e. The monoisotopic (exact) mass is 370 g/mol. The number of amides is 1. The molecule has 2 aliphatic rings. The fraction of sp³-hybridized carbons (Fsp3) is 0.278. The lowest BCUT2D eigenvalue weighted by molar-refractivity contribution is -0.116. The van der Waals surface area contributed by atoms with Crippen LogP contribution in [0.4, 0.5) is 0 Å². The molecule has 1 aromatic carbocycles. The van der Waals surface area contributed by atoms with Crippen molar-refractivity contribution in [3.63, 3.8) is 0 Å². The quantitative estimate of drug-likeness (QED) is 0.902. The standard InChI is InChI=1S/C18H18N4OS2/c1-3-10-24-18-20-17(23)15-12-6-4-5-7-13(12)19-16(22(15)21-18)14-9-8-11(2)25-14/h4-9,16H,3,10H2,1-2H3,(H,20,21,23)/t16-/m1/s1. The molecule has 4 rings (SSSR count). The molecule has 0 radical (unpaired) electrons. The Hall–Kier alpha value is -2.12. The van der Waals surface area contributed by atoms with Crippen LogP contribution in [0, 0.1) is 6.92 Å². The van der Waals surface area contributed by atoms with E-state index in [1.807, 2.05) is 24.3 Å². The number of aryl methyl sites for hydroxylation is 1. The third-order valence-corrected chi connectivity index (χ3v) is 6.08. The Morgan fingerprint density at radius 1 is 1.28 bits per heavy atom. The molecule has 0 bridgehead atoms. The summed E-state index contributed by atoms with van der Waals surface area (Å²) in [5.41, 5.74) is 0.572. The Morgan fingerprint density at radius 3 is 2.88 bits per heavy atom. The van der Waals surface area contributed by atoms with Crippen LogP contribution in [0.15, 0.2) is 46.5 Å². The molecule has 0 saturated carbocycles. The van der Waals surface area contributed by atoms with Gasteiger partial charge in [0.25, 0.3) is 5.91 Å². The van der Waals surface area contributed by atoms with Gasteiger partial charge in [-0.25, -0.2) is 5.01 Å². The molecule has 0 spiro atoms. The molecule has 1 aromatic heterocycles. The predicted molar refractivity (Wildman–Crippen MR) is 103 cm³/mol. The maximum absolute atomic E-state index is 12.8. The van der Waals surface area contributed by atoms with Crippen molar-refractivity contribution in [2.45, 2.75) is 26.4 Å². The SMILES string of the molecule is CCCSC1=NN2C(=c3ccccc3=N[C@H]2c2ccc(C)s2)C(=O)N1. The van der Waals surface area contributed by atoms with Gasteiger partial charge in [0.05, 0.1) is 10.2 Å². The first-order chi connectivity index (χ1) is 12.2. The minimum absolute atomic E-state index is 0.116. The lowest BCUT2D eigenvalue weighted by atomic mass is 10.1. The lowest BCUT2D eigenvalue weighted by Gasteiger charge is -2.33. The van der Waals surface area contributed by atoms with Crippen molar-refractivity contribution >= 4 is 39.9 Å². The van der Waals surface area contributed by atoms with Gasteiger partial charge >= 0.3 is 0 Å². The van der Waals surface area contributed by atoms with Gasteiger partial charge in [-0.3, -0.25) is 15.1 Å².